The summed E-state index contributed by atoms with van der Waals surface area (Å²) in [5.74, 6) is 0.114. The van der Waals surface area contributed by atoms with Crippen molar-refractivity contribution in [3.05, 3.63) is 33.8 Å². The topological polar surface area (TPSA) is 67.9 Å². The molecule has 1 saturated heterocycles. The van der Waals surface area contributed by atoms with E-state index in [0.717, 1.165) is 23.1 Å². The third-order valence-corrected chi connectivity index (χ3v) is 7.36. The van der Waals surface area contributed by atoms with Crippen LogP contribution in [-0.4, -0.2) is 45.8 Å². The Bertz CT molecular complexity index is 790. The third-order valence-electron chi connectivity index (χ3n) is 5.53. The first kappa shape index (κ1) is 23.7. The predicted molar refractivity (Wildman–Crippen MR) is 120 cm³/mol. The highest BCUT2D eigenvalue weighted by Gasteiger charge is 2.30. The highest BCUT2D eigenvalue weighted by molar-refractivity contribution is 7.84. The first-order valence-corrected chi connectivity index (χ1v) is 12.2. The number of amides is 1. The van der Waals surface area contributed by atoms with Crippen molar-refractivity contribution in [2.45, 2.75) is 77.0 Å². The van der Waals surface area contributed by atoms with Crippen LogP contribution in [0.15, 0.2) is 12.1 Å². The quantitative estimate of drug-likeness (QED) is 0.676. The molecular weight excluding hydrogens is 424 g/mol. The molecule has 2 atom stereocenters. The summed E-state index contributed by atoms with van der Waals surface area (Å²) in [7, 11) is -1.27. The van der Waals surface area contributed by atoms with Crippen molar-refractivity contribution < 1.29 is 18.5 Å². The number of halogens is 1. The van der Waals surface area contributed by atoms with E-state index in [4.69, 9.17) is 21.1 Å². The molecule has 2 aliphatic heterocycles. The van der Waals surface area contributed by atoms with Crippen molar-refractivity contribution in [2.24, 2.45) is 0 Å². The van der Waals surface area contributed by atoms with Gasteiger partial charge in [-0.25, -0.2) is 8.93 Å². The number of likely N-dealkylation sites (N-methyl/N-ethyl adjacent to an activating group) is 1. The Morgan fingerprint density at radius 3 is 2.63 bits per heavy atom. The van der Waals surface area contributed by atoms with Crippen LogP contribution in [0.4, 0.5) is 0 Å². The normalized spacial score (nSPS) is 20.2. The summed E-state index contributed by atoms with van der Waals surface area (Å²) >= 11 is 6.47. The Kier molecular flexibility index (Phi) is 7.96. The standard InChI is InChI=1S/C22H33ClN2O4S/c1-5-25-14-15-11-16(23)12-18(17(15)13-20(25)26)19(24-30(27)22(2,3)4)7-8-21-28-9-6-10-29-21/h11-12,19,21,24H,5-10,13-14H2,1-4H3/t19?,30-/m0/s1. The van der Waals surface area contributed by atoms with Crippen LogP contribution in [-0.2, 0) is 38.2 Å². The monoisotopic (exact) mass is 456 g/mol. The zero-order chi connectivity index (χ0) is 21.9. The van der Waals surface area contributed by atoms with E-state index in [0.29, 0.717) is 50.6 Å². The molecule has 8 heteroatoms. The van der Waals surface area contributed by atoms with Gasteiger partial charge in [-0.05, 0) is 69.4 Å². The summed E-state index contributed by atoms with van der Waals surface area (Å²) in [5.41, 5.74) is 3.02. The van der Waals surface area contributed by atoms with Gasteiger partial charge in [-0.1, -0.05) is 11.6 Å². The molecule has 0 radical (unpaired) electrons. The highest BCUT2D eigenvalue weighted by Crippen LogP contribution is 2.34. The van der Waals surface area contributed by atoms with Gasteiger partial charge in [0.05, 0.1) is 35.4 Å². The summed E-state index contributed by atoms with van der Waals surface area (Å²) < 4.78 is 27.3. The number of fused-ring (bicyclic) bond motifs is 1. The van der Waals surface area contributed by atoms with Gasteiger partial charge in [0.15, 0.2) is 6.29 Å². The summed E-state index contributed by atoms with van der Waals surface area (Å²) in [5, 5.41) is 0.632. The van der Waals surface area contributed by atoms with E-state index in [1.807, 2.05) is 44.7 Å². The van der Waals surface area contributed by atoms with Crippen molar-refractivity contribution in [3.8, 4) is 0 Å². The Hall–Kier alpha value is -0.990. The summed E-state index contributed by atoms with van der Waals surface area (Å²) in [6.07, 6.45) is 2.34. The second kappa shape index (κ2) is 10.1. The predicted octanol–water partition coefficient (Wildman–Crippen LogP) is 3.88. The Morgan fingerprint density at radius 1 is 1.30 bits per heavy atom. The van der Waals surface area contributed by atoms with Gasteiger partial charge in [0, 0.05) is 30.6 Å². The second-order valence-corrected chi connectivity index (χ2v) is 11.3. The molecule has 3 rings (SSSR count). The summed E-state index contributed by atoms with van der Waals surface area (Å²) in [6.45, 7) is 10.4. The van der Waals surface area contributed by atoms with E-state index in [2.05, 4.69) is 4.72 Å². The fourth-order valence-electron chi connectivity index (χ4n) is 3.82. The largest absolute Gasteiger partial charge is 0.353 e. The molecule has 2 aliphatic rings. The average molecular weight is 457 g/mol. The van der Waals surface area contributed by atoms with Crippen molar-refractivity contribution in [3.63, 3.8) is 0 Å². The van der Waals surface area contributed by atoms with Gasteiger partial charge in [0.2, 0.25) is 5.91 Å². The van der Waals surface area contributed by atoms with Gasteiger partial charge >= 0.3 is 0 Å². The van der Waals surface area contributed by atoms with Gasteiger partial charge in [-0.15, -0.1) is 0 Å². The number of hydrogen-bond acceptors (Lipinski definition) is 4. The van der Waals surface area contributed by atoms with Crippen molar-refractivity contribution in [1.29, 1.82) is 0 Å². The number of ether oxygens (including phenoxy) is 2. The van der Waals surface area contributed by atoms with Gasteiger partial charge in [0.25, 0.3) is 0 Å². The number of benzene rings is 1. The van der Waals surface area contributed by atoms with E-state index in [1.165, 1.54) is 0 Å². The zero-order valence-electron chi connectivity index (χ0n) is 18.3. The van der Waals surface area contributed by atoms with Crippen molar-refractivity contribution in [1.82, 2.24) is 9.62 Å². The van der Waals surface area contributed by atoms with Crippen LogP contribution in [0.2, 0.25) is 5.02 Å². The van der Waals surface area contributed by atoms with Gasteiger partial charge < -0.3 is 14.4 Å². The van der Waals surface area contributed by atoms with E-state index in [9.17, 15) is 9.00 Å². The molecule has 30 heavy (non-hydrogen) atoms. The fourth-order valence-corrected chi connectivity index (χ4v) is 4.92. The fraction of sp³-hybridized carbons (Fsp3) is 0.682. The lowest BCUT2D eigenvalue weighted by Crippen LogP contribution is -2.39. The number of nitrogens with one attached hydrogen (secondary N) is 1. The molecule has 1 unspecified atom stereocenters. The van der Waals surface area contributed by atoms with Crippen LogP contribution >= 0.6 is 11.6 Å². The average Bonchev–Trinajstić information content (AvgIpc) is 2.70. The van der Waals surface area contributed by atoms with Crippen LogP contribution in [0.5, 0.6) is 0 Å². The summed E-state index contributed by atoms with van der Waals surface area (Å²) in [4.78, 5) is 14.4. The molecule has 1 N–H and O–H groups in total. The van der Waals surface area contributed by atoms with E-state index in [1.54, 1.807) is 0 Å². The molecule has 6 nitrogen and oxygen atoms in total. The molecule has 0 aliphatic carbocycles. The molecule has 1 amide bonds. The lowest BCUT2D eigenvalue weighted by atomic mass is 9.89. The minimum Gasteiger partial charge on any atom is -0.353 e. The second-order valence-electron chi connectivity index (χ2n) is 8.87. The van der Waals surface area contributed by atoms with Crippen LogP contribution in [0.3, 0.4) is 0 Å². The van der Waals surface area contributed by atoms with Gasteiger partial charge in [-0.3, -0.25) is 4.79 Å². The molecule has 0 spiro atoms. The smallest absolute Gasteiger partial charge is 0.227 e. The van der Waals surface area contributed by atoms with E-state index in [-0.39, 0.29) is 18.2 Å². The number of nitrogens with zero attached hydrogens (tertiary/aromatic N) is 1. The SMILES string of the molecule is CCN1Cc2cc(Cl)cc(C(CCC3OCCCO3)N[S@@](=O)C(C)(C)C)c2CC1=O. The summed E-state index contributed by atoms with van der Waals surface area (Å²) in [6, 6.07) is 3.64. The van der Waals surface area contributed by atoms with Gasteiger partial charge in [-0.2, -0.15) is 0 Å². The van der Waals surface area contributed by atoms with Crippen molar-refractivity contribution >= 4 is 28.5 Å². The molecule has 1 fully saturated rings. The number of carbonyl (C=O) groups excluding carboxylic acids is 1. The van der Waals surface area contributed by atoms with Crippen molar-refractivity contribution in [2.75, 3.05) is 19.8 Å². The molecule has 0 saturated carbocycles. The van der Waals surface area contributed by atoms with Gasteiger partial charge in [0.1, 0.15) is 0 Å². The Labute approximate surface area is 187 Å². The number of hydrogen-bond donors (Lipinski definition) is 1. The minimum absolute atomic E-state index is 0.114. The Balaban J connectivity index is 1.90. The molecule has 1 aromatic rings. The Morgan fingerprint density at radius 2 is 2.00 bits per heavy atom. The molecule has 0 aromatic heterocycles. The lowest BCUT2D eigenvalue weighted by Gasteiger charge is -2.33. The number of carbonyl (C=O) groups is 1. The molecule has 168 valence electrons. The minimum atomic E-state index is -1.27. The van der Waals surface area contributed by atoms with E-state index >= 15 is 0 Å². The van der Waals surface area contributed by atoms with Crippen LogP contribution in [0.1, 0.15) is 69.7 Å². The molecule has 2 heterocycles. The van der Waals surface area contributed by atoms with Crippen LogP contribution in [0, 0.1) is 0 Å². The lowest BCUT2D eigenvalue weighted by molar-refractivity contribution is -0.182. The van der Waals surface area contributed by atoms with E-state index < -0.39 is 15.7 Å². The first-order valence-electron chi connectivity index (χ1n) is 10.7. The molecular formula is C22H33ClN2O4S. The number of rotatable bonds is 7. The van der Waals surface area contributed by atoms with Crippen LogP contribution in [0.25, 0.3) is 0 Å². The zero-order valence-corrected chi connectivity index (χ0v) is 19.9. The maximum absolute atomic E-state index is 12.9. The maximum atomic E-state index is 12.9. The third kappa shape index (κ3) is 5.82. The van der Waals surface area contributed by atoms with Crippen LogP contribution < -0.4 is 4.72 Å². The maximum Gasteiger partial charge on any atom is 0.227 e. The molecule has 1 aromatic carbocycles. The first-order chi connectivity index (χ1) is 14.2. The highest BCUT2D eigenvalue weighted by atomic mass is 35.5. The molecule has 0 bridgehead atoms.